The summed E-state index contributed by atoms with van der Waals surface area (Å²) in [6, 6.07) is 13.9. The molecule has 2 aromatic carbocycles. The summed E-state index contributed by atoms with van der Waals surface area (Å²) in [4.78, 5) is 17.9. The van der Waals surface area contributed by atoms with Gasteiger partial charge in [0, 0.05) is 54.9 Å². The number of nitrogens with one attached hydrogen (secondary N) is 2. The van der Waals surface area contributed by atoms with Crippen molar-refractivity contribution >= 4 is 21.8 Å². The van der Waals surface area contributed by atoms with Crippen LogP contribution in [0.1, 0.15) is 18.4 Å². The molecular formula is C25H26F2N4O. The maximum atomic E-state index is 14.1. The molecule has 0 spiro atoms. The summed E-state index contributed by atoms with van der Waals surface area (Å²) < 4.78 is 29.3. The van der Waals surface area contributed by atoms with Crippen LogP contribution in [0.4, 0.5) is 8.78 Å². The van der Waals surface area contributed by atoms with E-state index in [1.165, 1.54) is 33.7 Å². The molecule has 2 aromatic heterocycles. The van der Waals surface area contributed by atoms with Crippen LogP contribution < -0.4 is 10.9 Å². The molecule has 0 aliphatic carbocycles. The summed E-state index contributed by atoms with van der Waals surface area (Å²) in [5.74, 6) is -1.31. The molecule has 166 valence electrons. The molecule has 0 amide bonds. The normalized spacial score (nSPS) is 15.7. The van der Waals surface area contributed by atoms with Crippen LogP contribution in [0.5, 0.6) is 0 Å². The Kier molecular flexibility index (Phi) is 5.76. The largest absolute Gasteiger partial charge is 0.361 e. The van der Waals surface area contributed by atoms with Gasteiger partial charge in [-0.3, -0.25) is 4.79 Å². The van der Waals surface area contributed by atoms with Gasteiger partial charge in [-0.1, -0.05) is 12.1 Å². The molecule has 0 bridgehead atoms. The van der Waals surface area contributed by atoms with Gasteiger partial charge in [-0.25, -0.2) is 8.78 Å². The predicted molar refractivity (Wildman–Crippen MR) is 123 cm³/mol. The number of aromatic amines is 1. The minimum Gasteiger partial charge on any atom is -0.361 e. The molecule has 32 heavy (non-hydrogen) atoms. The second-order valence-electron chi connectivity index (χ2n) is 8.54. The van der Waals surface area contributed by atoms with Gasteiger partial charge in [0.25, 0.3) is 5.56 Å². The first-order chi connectivity index (χ1) is 15.6. The van der Waals surface area contributed by atoms with E-state index in [9.17, 15) is 13.6 Å². The Morgan fingerprint density at radius 3 is 2.69 bits per heavy atom. The quantitative estimate of drug-likeness (QED) is 0.480. The van der Waals surface area contributed by atoms with E-state index in [0.717, 1.165) is 44.1 Å². The molecule has 7 heteroatoms. The second-order valence-corrected chi connectivity index (χ2v) is 8.54. The van der Waals surface area contributed by atoms with Crippen molar-refractivity contribution in [3.05, 3.63) is 82.3 Å². The van der Waals surface area contributed by atoms with Gasteiger partial charge in [-0.2, -0.15) is 0 Å². The number of fused-ring (bicyclic) bond motifs is 2. The summed E-state index contributed by atoms with van der Waals surface area (Å²) >= 11 is 0. The monoisotopic (exact) mass is 436 g/mol. The van der Waals surface area contributed by atoms with Crippen LogP contribution in [0.25, 0.3) is 21.8 Å². The van der Waals surface area contributed by atoms with Crippen LogP contribution in [0.2, 0.25) is 0 Å². The van der Waals surface area contributed by atoms with E-state index in [1.54, 1.807) is 0 Å². The molecule has 0 radical (unpaired) electrons. The zero-order valence-electron chi connectivity index (χ0n) is 17.8. The SMILES string of the molecule is O=c1ccc2c(F)cc(F)cc2n1CCN1CCC(NCc2ccc3cc[nH]c3c2)CC1. The molecule has 1 saturated heterocycles. The van der Waals surface area contributed by atoms with E-state index >= 15 is 0 Å². The van der Waals surface area contributed by atoms with Gasteiger partial charge < -0.3 is 19.8 Å². The van der Waals surface area contributed by atoms with Gasteiger partial charge in [0.05, 0.1) is 5.52 Å². The number of hydrogen-bond acceptors (Lipinski definition) is 3. The first kappa shape index (κ1) is 20.8. The highest BCUT2D eigenvalue weighted by Gasteiger charge is 2.19. The summed E-state index contributed by atoms with van der Waals surface area (Å²) in [6.45, 7) is 3.77. The molecule has 4 aromatic rings. The number of hydrogen-bond donors (Lipinski definition) is 2. The Morgan fingerprint density at radius 2 is 1.84 bits per heavy atom. The Morgan fingerprint density at radius 1 is 1.00 bits per heavy atom. The minimum absolute atomic E-state index is 0.238. The van der Waals surface area contributed by atoms with Crippen LogP contribution in [-0.4, -0.2) is 40.1 Å². The molecule has 3 heterocycles. The fourth-order valence-electron chi connectivity index (χ4n) is 4.62. The van der Waals surface area contributed by atoms with E-state index in [-0.39, 0.29) is 10.9 Å². The van der Waals surface area contributed by atoms with E-state index in [0.29, 0.717) is 24.6 Å². The van der Waals surface area contributed by atoms with Gasteiger partial charge in [0.15, 0.2) is 0 Å². The zero-order valence-corrected chi connectivity index (χ0v) is 17.8. The summed E-state index contributed by atoms with van der Waals surface area (Å²) in [7, 11) is 0. The average Bonchev–Trinajstić information content (AvgIpc) is 3.25. The Bertz CT molecular complexity index is 1300. The van der Waals surface area contributed by atoms with Crippen LogP contribution in [0, 0.1) is 11.6 Å². The van der Waals surface area contributed by atoms with Crippen molar-refractivity contribution in [3.8, 4) is 0 Å². The van der Waals surface area contributed by atoms with Gasteiger partial charge in [0.2, 0.25) is 0 Å². The van der Waals surface area contributed by atoms with Gasteiger partial charge >= 0.3 is 0 Å². The van der Waals surface area contributed by atoms with Crippen LogP contribution in [0.3, 0.4) is 0 Å². The molecule has 5 nitrogen and oxygen atoms in total. The maximum Gasteiger partial charge on any atom is 0.251 e. The highest BCUT2D eigenvalue weighted by atomic mass is 19.1. The smallest absolute Gasteiger partial charge is 0.251 e. The molecule has 2 N–H and O–H groups in total. The van der Waals surface area contributed by atoms with Gasteiger partial charge in [-0.05, 0) is 61.1 Å². The van der Waals surface area contributed by atoms with Crippen molar-refractivity contribution < 1.29 is 8.78 Å². The third kappa shape index (κ3) is 4.31. The second kappa shape index (κ2) is 8.84. The molecule has 1 aliphatic rings. The molecule has 0 unspecified atom stereocenters. The van der Waals surface area contributed by atoms with Crippen LogP contribution in [0.15, 0.2) is 59.5 Å². The molecule has 1 fully saturated rings. The van der Waals surface area contributed by atoms with E-state index in [4.69, 9.17) is 0 Å². The van der Waals surface area contributed by atoms with Gasteiger partial charge in [-0.15, -0.1) is 0 Å². The highest BCUT2D eigenvalue weighted by Crippen LogP contribution is 2.19. The molecule has 5 rings (SSSR count). The lowest BCUT2D eigenvalue weighted by atomic mass is 10.0. The van der Waals surface area contributed by atoms with Gasteiger partial charge in [0.1, 0.15) is 11.6 Å². The van der Waals surface area contributed by atoms with Crippen molar-refractivity contribution in [3.63, 3.8) is 0 Å². The number of likely N-dealkylation sites (tertiary alicyclic amines) is 1. The standard InChI is InChI=1S/C25H26F2N4O/c26-19-14-22(27)21-3-4-25(32)31(24(21)15-19)12-11-30-9-6-20(7-10-30)29-16-17-1-2-18-5-8-28-23(18)13-17/h1-5,8,13-15,20,28-29H,6-7,9-12,16H2. The van der Waals surface area contributed by atoms with Crippen molar-refractivity contribution in [2.24, 2.45) is 0 Å². The van der Waals surface area contributed by atoms with Crippen LogP contribution >= 0.6 is 0 Å². The lowest BCUT2D eigenvalue weighted by Gasteiger charge is -2.32. The average molecular weight is 437 g/mol. The fraction of sp³-hybridized carbons (Fsp3) is 0.320. The number of H-pyrrole nitrogens is 1. The van der Waals surface area contributed by atoms with Crippen molar-refractivity contribution in [1.29, 1.82) is 0 Å². The summed E-state index contributed by atoms with van der Waals surface area (Å²) in [5.41, 5.74) is 2.49. The first-order valence-electron chi connectivity index (χ1n) is 11.1. The van der Waals surface area contributed by atoms with E-state index in [1.807, 2.05) is 6.20 Å². The fourth-order valence-corrected chi connectivity index (χ4v) is 4.62. The number of aromatic nitrogens is 2. The number of halogens is 2. The predicted octanol–water partition coefficient (Wildman–Crippen LogP) is 4.02. The van der Waals surface area contributed by atoms with Crippen molar-refractivity contribution in [2.45, 2.75) is 32.0 Å². The van der Waals surface area contributed by atoms with Crippen molar-refractivity contribution in [1.82, 2.24) is 19.8 Å². The topological polar surface area (TPSA) is 53.1 Å². The Labute approximate surface area is 184 Å². The number of piperidine rings is 1. The molecule has 0 saturated carbocycles. The van der Waals surface area contributed by atoms with E-state index < -0.39 is 11.6 Å². The number of nitrogens with zero attached hydrogens (tertiary/aromatic N) is 2. The molecule has 1 aliphatic heterocycles. The highest BCUT2D eigenvalue weighted by molar-refractivity contribution is 5.80. The third-order valence-corrected chi connectivity index (χ3v) is 6.46. The Balaban J connectivity index is 1.16. The first-order valence-corrected chi connectivity index (χ1v) is 11.1. The number of benzene rings is 2. The maximum absolute atomic E-state index is 14.1. The zero-order chi connectivity index (χ0) is 22.1. The number of rotatable bonds is 6. The summed E-state index contributed by atoms with van der Waals surface area (Å²) in [6.07, 6.45) is 4.01. The minimum atomic E-state index is -0.670. The van der Waals surface area contributed by atoms with Crippen molar-refractivity contribution in [2.75, 3.05) is 19.6 Å². The van der Waals surface area contributed by atoms with Crippen LogP contribution in [-0.2, 0) is 13.1 Å². The lowest BCUT2D eigenvalue weighted by Crippen LogP contribution is -2.43. The number of pyridine rings is 1. The summed E-state index contributed by atoms with van der Waals surface area (Å²) in [5, 5.41) is 5.15. The Hall–Kier alpha value is -3.03. The third-order valence-electron chi connectivity index (χ3n) is 6.46. The molecule has 0 atom stereocenters. The lowest BCUT2D eigenvalue weighted by molar-refractivity contribution is 0.191. The van der Waals surface area contributed by atoms with E-state index in [2.05, 4.69) is 39.5 Å². The molecular weight excluding hydrogens is 410 g/mol.